The van der Waals surface area contributed by atoms with E-state index in [0.717, 1.165) is 32.5 Å². The summed E-state index contributed by atoms with van der Waals surface area (Å²) in [7, 11) is -3.67. The highest BCUT2D eigenvalue weighted by molar-refractivity contribution is 7.89. The van der Waals surface area contributed by atoms with E-state index in [9.17, 15) is 8.42 Å². The van der Waals surface area contributed by atoms with Gasteiger partial charge in [0.05, 0.1) is 5.02 Å². The van der Waals surface area contributed by atoms with Crippen LogP contribution in [-0.2, 0) is 16.6 Å². The van der Waals surface area contributed by atoms with Crippen molar-refractivity contribution >= 4 is 45.6 Å². The fraction of sp³-hybridized carbons (Fsp3) is 0.333. The summed E-state index contributed by atoms with van der Waals surface area (Å²) in [5.74, 6) is 0. The molecule has 0 unspecified atom stereocenters. The summed E-state index contributed by atoms with van der Waals surface area (Å²) in [6, 6.07) is 14.7. The van der Waals surface area contributed by atoms with E-state index in [2.05, 4.69) is 21.8 Å². The largest absolute Gasteiger partial charge is 0.299 e. The van der Waals surface area contributed by atoms with Crippen molar-refractivity contribution in [1.29, 1.82) is 0 Å². The molecule has 0 radical (unpaired) electrons. The molecule has 1 fully saturated rings. The summed E-state index contributed by atoms with van der Waals surface area (Å²) < 4.78 is 27.9. The molecule has 0 spiro atoms. The first-order valence-corrected chi connectivity index (χ1v) is 10.4. The van der Waals surface area contributed by atoms with Crippen LogP contribution in [0.25, 0.3) is 0 Å². The van der Waals surface area contributed by atoms with E-state index >= 15 is 0 Å². The number of likely N-dealkylation sites (tertiary alicyclic amines) is 1. The molecule has 1 N–H and O–H groups in total. The number of hydrogen-bond acceptors (Lipinski definition) is 3. The number of hydrogen-bond donors (Lipinski definition) is 1. The molecule has 2 aromatic rings. The van der Waals surface area contributed by atoms with Crippen LogP contribution < -0.4 is 4.72 Å². The van der Waals surface area contributed by atoms with Crippen molar-refractivity contribution in [2.45, 2.75) is 30.3 Å². The van der Waals surface area contributed by atoms with Gasteiger partial charge < -0.3 is 0 Å². The van der Waals surface area contributed by atoms with Crippen molar-refractivity contribution in [3.63, 3.8) is 0 Å². The Morgan fingerprint density at radius 1 is 1.04 bits per heavy atom. The summed E-state index contributed by atoms with van der Waals surface area (Å²) in [5, 5.41) is 0.529. The fourth-order valence-corrected chi connectivity index (χ4v) is 5.08. The number of nitrogens with zero attached hydrogens (tertiary/aromatic N) is 1. The molecule has 4 nitrogen and oxygen atoms in total. The summed E-state index contributed by atoms with van der Waals surface area (Å²) in [6.07, 6.45) is 1.54. The molecule has 0 amide bonds. The van der Waals surface area contributed by atoms with Gasteiger partial charge in [0.2, 0.25) is 10.0 Å². The Hall–Kier alpha value is -0.820. The lowest BCUT2D eigenvalue weighted by Crippen LogP contribution is -2.44. The van der Waals surface area contributed by atoms with E-state index in [0.29, 0.717) is 5.02 Å². The Kier molecular flexibility index (Phi) is 7.76. The maximum Gasteiger partial charge on any atom is 0.242 e. The number of nitrogens with one attached hydrogen (secondary N) is 1. The van der Waals surface area contributed by atoms with Crippen LogP contribution in [0, 0.1) is 0 Å². The number of piperidine rings is 1. The average molecular weight is 436 g/mol. The Balaban J connectivity index is 0.00000243. The zero-order valence-electron chi connectivity index (χ0n) is 14.1. The predicted octanol–water partition coefficient (Wildman–Crippen LogP) is 4.36. The number of sulfonamides is 1. The van der Waals surface area contributed by atoms with Crippen LogP contribution in [-0.4, -0.2) is 32.4 Å². The van der Waals surface area contributed by atoms with Gasteiger partial charge in [-0.25, -0.2) is 13.1 Å². The van der Waals surface area contributed by atoms with E-state index < -0.39 is 10.0 Å². The molecule has 1 aliphatic rings. The smallest absolute Gasteiger partial charge is 0.242 e. The molecule has 142 valence electrons. The minimum absolute atomic E-state index is 0. The standard InChI is InChI=1S/C18H20Cl2N2O2S.ClH/c19-15-6-7-17(20)18(12-15)25(23,24)21-16-8-10-22(11-9-16)13-14-4-2-1-3-5-14;/h1-7,12,16,21H,8-11,13H2;1H. The first-order chi connectivity index (χ1) is 11.9. The minimum Gasteiger partial charge on any atom is -0.299 e. The third kappa shape index (κ3) is 5.59. The topological polar surface area (TPSA) is 49.4 Å². The predicted molar refractivity (Wildman–Crippen MR) is 109 cm³/mol. The quantitative estimate of drug-likeness (QED) is 0.759. The van der Waals surface area contributed by atoms with E-state index in [1.165, 1.54) is 17.7 Å². The molecule has 1 saturated heterocycles. The van der Waals surface area contributed by atoms with Crippen molar-refractivity contribution in [3.8, 4) is 0 Å². The van der Waals surface area contributed by atoms with Gasteiger partial charge >= 0.3 is 0 Å². The van der Waals surface area contributed by atoms with Crippen LogP contribution in [0.15, 0.2) is 53.4 Å². The van der Waals surface area contributed by atoms with Crippen LogP contribution in [0.3, 0.4) is 0 Å². The van der Waals surface area contributed by atoms with Crippen molar-refractivity contribution in [1.82, 2.24) is 9.62 Å². The lowest BCUT2D eigenvalue weighted by Gasteiger charge is -2.32. The summed E-state index contributed by atoms with van der Waals surface area (Å²) in [5.41, 5.74) is 1.27. The number of benzene rings is 2. The van der Waals surface area contributed by atoms with Gasteiger partial charge in [-0.3, -0.25) is 4.90 Å². The monoisotopic (exact) mass is 434 g/mol. The van der Waals surface area contributed by atoms with Gasteiger partial charge in [-0.15, -0.1) is 12.4 Å². The Morgan fingerprint density at radius 3 is 2.35 bits per heavy atom. The Labute approximate surface area is 171 Å². The molecule has 0 atom stereocenters. The van der Waals surface area contributed by atoms with Crippen LogP contribution in [0.1, 0.15) is 18.4 Å². The van der Waals surface area contributed by atoms with Gasteiger partial charge in [0.1, 0.15) is 4.90 Å². The maximum absolute atomic E-state index is 12.6. The van der Waals surface area contributed by atoms with E-state index in [-0.39, 0.29) is 28.4 Å². The Bertz CT molecular complexity index is 824. The van der Waals surface area contributed by atoms with Gasteiger partial charge in [-0.1, -0.05) is 53.5 Å². The molecule has 0 aliphatic carbocycles. The lowest BCUT2D eigenvalue weighted by atomic mass is 10.1. The van der Waals surface area contributed by atoms with Gasteiger partial charge in [-0.2, -0.15) is 0 Å². The molecule has 0 aromatic heterocycles. The zero-order chi connectivity index (χ0) is 17.9. The van der Waals surface area contributed by atoms with Crippen LogP contribution in [0.5, 0.6) is 0 Å². The van der Waals surface area contributed by atoms with Crippen LogP contribution in [0.4, 0.5) is 0 Å². The molecule has 0 saturated carbocycles. The maximum atomic E-state index is 12.6. The summed E-state index contributed by atoms with van der Waals surface area (Å²) in [4.78, 5) is 2.38. The first kappa shape index (κ1) is 21.5. The summed E-state index contributed by atoms with van der Waals surface area (Å²) in [6.45, 7) is 2.59. The number of rotatable bonds is 5. The molecular weight excluding hydrogens is 415 g/mol. The van der Waals surface area contributed by atoms with Crippen molar-refractivity contribution in [2.75, 3.05) is 13.1 Å². The fourth-order valence-electron chi connectivity index (χ4n) is 3.02. The van der Waals surface area contributed by atoms with E-state index in [1.54, 1.807) is 6.07 Å². The van der Waals surface area contributed by atoms with Crippen molar-refractivity contribution in [3.05, 3.63) is 64.1 Å². The van der Waals surface area contributed by atoms with Crippen LogP contribution in [0.2, 0.25) is 10.0 Å². The molecule has 1 aliphatic heterocycles. The number of halogens is 3. The molecule has 3 rings (SSSR count). The van der Waals surface area contributed by atoms with Gasteiger partial charge in [-0.05, 0) is 36.6 Å². The molecule has 0 bridgehead atoms. The Morgan fingerprint density at radius 2 is 1.69 bits per heavy atom. The third-order valence-corrected chi connectivity index (χ3v) is 6.58. The molecule has 26 heavy (non-hydrogen) atoms. The van der Waals surface area contributed by atoms with Gasteiger partial charge in [0.15, 0.2) is 0 Å². The van der Waals surface area contributed by atoms with Crippen molar-refractivity contribution in [2.24, 2.45) is 0 Å². The van der Waals surface area contributed by atoms with E-state index in [1.807, 2.05) is 18.2 Å². The minimum atomic E-state index is -3.67. The van der Waals surface area contributed by atoms with Crippen LogP contribution >= 0.6 is 35.6 Å². The molecule has 8 heteroatoms. The highest BCUT2D eigenvalue weighted by atomic mass is 35.5. The third-order valence-electron chi connectivity index (χ3n) is 4.34. The average Bonchev–Trinajstić information content (AvgIpc) is 2.59. The second kappa shape index (κ2) is 9.40. The summed E-state index contributed by atoms with van der Waals surface area (Å²) >= 11 is 11.9. The second-order valence-electron chi connectivity index (χ2n) is 6.23. The van der Waals surface area contributed by atoms with Crippen molar-refractivity contribution < 1.29 is 8.42 Å². The normalized spacial score (nSPS) is 16.2. The lowest BCUT2D eigenvalue weighted by molar-refractivity contribution is 0.200. The molecular formula is C18H21Cl3N2O2S. The first-order valence-electron chi connectivity index (χ1n) is 8.18. The molecule has 2 aromatic carbocycles. The van der Waals surface area contributed by atoms with Gasteiger partial charge in [0, 0.05) is 30.7 Å². The molecule has 1 heterocycles. The van der Waals surface area contributed by atoms with E-state index in [4.69, 9.17) is 23.2 Å². The van der Waals surface area contributed by atoms with Gasteiger partial charge in [0.25, 0.3) is 0 Å². The highest BCUT2D eigenvalue weighted by Gasteiger charge is 2.26. The zero-order valence-corrected chi connectivity index (χ0v) is 17.2. The second-order valence-corrected chi connectivity index (χ2v) is 8.76. The highest BCUT2D eigenvalue weighted by Crippen LogP contribution is 2.26. The SMILES string of the molecule is Cl.O=S(=O)(NC1CCN(Cc2ccccc2)CC1)c1cc(Cl)ccc1Cl.